The van der Waals surface area contributed by atoms with E-state index in [4.69, 9.17) is 0 Å². The molecule has 2 aromatic rings. The fourth-order valence-electron chi connectivity index (χ4n) is 3.11. The molecule has 0 saturated carbocycles. The van der Waals surface area contributed by atoms with Crippen LogP contribution in [0.2, 0.25) is 0 Å². The second-order valence-electron chi connectivity index (χ2n) is 5.34. The molecule has 0 saturated heterocycles. The van der Waals surface area contributed by atoms with Crippen LogP contribution in [0.15, 0.2) is 24.3 Å². The van der Waals surface area contributed by atoms with Crippen LogP contribution in [0.1, 0.15) is 28.9 Å². The molecule has 1 aromatic heterocycles. The van der Waals surface area contributed by atoms with Crippen molar-refractivity contribution in [3.05, 3.63) is 35.5 Å². The zero-order valence-corrected chi connectivity index (χ0v) is 13.3. The van der Waals surface area contributed by atoms with Crippen LogP contribution in [0, 0.1) is 0 Å². The summed E-state index contributed by atoms with van der Waals surface area (Å²) in [6.45, 7) is 1.72. The Labute approximate surface area is 127 Å². The van der Waals surface area contributed by atoms with Crippen molar-refractivity contribution in [1.29, 1.82) is 0 Å². The lowest BCUT2D eigenvalue weighted by molar-refractivity contribution is 0.0728. The predicted molar refractivity (Wildman–Crippen MR) is 85.6 cm³/mol. The molecule has 106 valence electrons. The molecule has 0 aliphatic carbocycles. The fourth-order valence-corrected chi connectivity index (χ4v) is 3.50. The minimum atomic E-state index is 0.194. The number of hydrogen-bond donors (Lipinski definition) is 0. The monoisotopic (exact) mass is 334 g/mol. The maximum Gasteiger partial charge on any atom is 0.270 e. The van der Waals surface area contributed by atoms with E-state index < -0.39 is 0 Å². The van der Waals surface area contributed by atoms with Gasteiger partial charge >= 0.3 is 0 Å². The standard InChI is InChI=1S/C16H19BrN2O/c1-18-14-7-3-2-6-12(14)13-8-11-19(10-5-4-9-17)16(20)15(13)18/h2-3,6-7H,4-5,8-11H2,1H3. The number of para-hydroxylation sites is 1. The van der Waals surface area contributed by atoms with Gasteiger partial charge in [0, 0.05) is 36.4 Å². The van der Waals surface area contributed by atoms with Gasteiger partial charge in [-0.25, -0.2) is 0 Å². The molecule has 3 rings (SSSR count). The zero-order chi connectivity index (χ0) is 14.1. The number of alkyl halides is 1. The van der Waals surface area contributed by atoms with E-state index in [1.807, 2.05) is 18.0 Å². The van der Waals surface area contributed by atoms with Gasteiger partial charge in [0.25, 0.3) is 5.91 Å². The normalized spacial score (nSPS) is 14.9. The van der Waals surface area contributed by atoms with Crippen molar-refractivity contribution in [3.8, 4) is 0 Å². The highest BCUT2D eigenvalue weighted by molar-refractivity contribution is 9.09. The van der Waals surface area contributed by atoms with Crippen molar-refractivity contribution >= 4 is 32.7 Å². The number of benzene rings is 1. The fraction of sp³-hybridized carbons (Fsp3) is 0.438. The van der Waals surface area contributed by atoms with Crippen molar-refractivity contribution in [3.63, 3.8) is 0 Å². The molecular weight excluding hydrogens is 316 g/mol. The van der Waals surface area contributed by atoms with Crippen LogP contribution in [0.5, 0.6) is 0 Å². The molecule has 0 radical (unpaired) electrons. The molecule has 3 nitrogen and oxygen atoms in total. The third-order valence-electron chi connectivity index (χ3n) is 4.14. The molecule has 4 heteroatoms. The Morgan fingerprint density at radius 1 is 1.25 bits per heavy atom. The highest BCUT2D eigenvalue weighted by Crippen LogP contribution is 2.29. The third-order valence-corrected chi connectivity index (χ3v) is 4.71. The van der Waals surface area contributed by atoms with Gasteiger partial charge in [0.05, 0.1) is 0 Å². The number of hydrogen-bond acceptors (Lipinski definition) is 1. The topological polar surface area (TPSA) is 25.2 Å². The number of carbonyl (C=O) groups is 1. The molecule has 1 aliphatic heterocycles. The summed E-state index contributed by atoms with van der Waals surface area (Å²) in [7, 11) is 2.00. The largest absolute Gasteiger partial charge is 0.339 e. The number of aromatic nitrogens is 1. The summed E-state index contributed by atoms with van der Waals surface area (Å²) < 4.78 is 2.06. The van der Waals surface area contributed by atoms with Crippen LogP contribution < -0.4 is 0 Å². The molecule has 0 atom stereocenters. The van der Waals surface area contributed by atoms with E-state index in [1.54, 1.807) is 0 Å². The van der Waals surface area contributed by atoms with Crippen LogP contribution >= 0.6 is 15.9 Å². The molecule has 1 amide bonds. The lowest BCUT2D eigenvalue weighted by atomic mass is 10.0. The molecule has 1 aliphatic rings. The molecule has 0 N–H and O–H groups in total. The average Bonchev–Trinajstić information content (AvgIpc) is 2.76. The predicted octanol–water partition coefficient (Wildman–Crippen LogP) is 3.35. The highest BCUT2D eigenvalue weighted by atomic mass is 79.9. The molecular formula is C16H19BrN2O. The maximum absolute atomic E-state index is 12.7. The Morgan fingerprint density at radius 2 is 2.05 bits per heavy atom. The Hall–Kier alpha value is -1.29. The van der Waals surface area contributed by atoms with Crippen molar-refractivity contribution in [2.75, 3.05) is 18.4 Å². The maximum atomic E-state index is 12.7. The summed E-state index contributed by atoms with van der Waals surface area (Å²) in [4.78, 5) is 14.7. The Kier molecular flexibility index (Phi) is 3.83. The lowest BCUT2D eigenvalue weighted by Crippen LogP contribution is -2.39. The molecule has 0 fully saturated rings. The summed E-state index contributed by atoms with van der Waals surface area (Å²) in [5, 5.41) is 2.24. The van der Waals surface area contributed by atoms with Gasteiger partial charge in [-0.15, -0.1) is 0 Å². The quantitative estimate of drug-likeness (QED) is 0.621. The van der Waals surface area contributed by atoms with Gasteiger partial charge < -0.3 is 9.47 Å². The van der Waals surface area contributed by atoms with Gasteiger partial charge in [0.2, 0.25) is 0 Å². The van der Waals surface area contributed by atoms with Crippen LogP contribution in [-0.4, -0.2) is 33.8 Å². The number of nitrogens with zero attached hydrogens (tertiary/aromatic N) is 2. The molecule has 2 heterocycles. The van der Waals surface area contributed by atoms with Gasteiger partial charge in [0.15, 0.2) is 0 Å². The van der Waals surface area contributed by atoms with E-state index >= 15 is 0 Å². The van der Waals surface area contributed by atoms with Gasteiger partial charge in [-0.3, -0.25) is 4.79 Å². The van der Waals surface area contributed by atoms with E-state index in [-0.39, 0.29) is 5.91 Å². The first-order valence-electron chi connectivity index (χ1n) is 7.15. The SMILES string of the molecule is Cn1c2c(c3ccccc31)CCN(CCCCBr)C2=O. The molecule has 0 unspecified atom stereocenters. The van der Waals surface area contributed by atoms with E-state index in [9.17, 15) is 4.79 Å². The molecule has 0 bridgehead atoms. The van der Waals surface area contributed by atoms with Crippen LogP contribution in [0.4, 0.5) is 0 Å². The van der Waals surface area contributed by atoms with Crippen molar-refractivity contribution in [2.45, 2.75) is 19.3 Å². The molecule has 1 aromatic carbocycles. The summed E-state index contributed by atoms with van der Waals surface area (Å²) in [5.41, 5.74) is 3.27. The average molecular weight is 335 g/mol. The second kappa shape index (κ2) is 5.60. The zero-order valence-electron chi connectivity index (χ0n) is 11.7. The number of carbonyl (C=O) groups excluding carboxylic acids is 1. The first-order chi connectivity index (χ1) is 9.74. The third kappa shape index (κ3) is 2.16. The number of rotatable bonds is 4. The minimum absolute atomic E-state index is 0.194. The van der Waals surface area contributed by atoms with Crippen LogP contribution in [0.3, 0.4) is 0 Å². The number of amides is 1. The minimum Gasteiger partial charge on any atom is -0.339 e. The van der Waals surface area contributed by atoms with Crippen molar-refractivity contribution < 1.29 is 4.79 Å². The summed E-state index contributed by atoms with van der Waals surface area (Å²) in [6, 6.07) is 8.31. The smallest absolute Gasteiger partial charge is 0.270 e. The van der Waals surface area contributed by atoms with Gasteiger partial charge in [0.1, 0.15) is 5.69 Å². The first kappa shape index (κ1) is 13.7. The van der Waals surface area contributed by atoms with Gasteiger partial charge in [-0.2, -0.15) is 0 Å². The summed E-state index contributed by atoms with van der Waals surface area (Å²) >= 11 is 3.44. The van der Waals surface area contributed by atoms with Crippen molar-refractivity contribution in [1.82, 2.24) is 9.47 Å². The highest BCUT2D eigenvalue weighted by Gasteiger charge is 2.29. The number of halogens is 1. The van der Waals surface area contributed by atoms with E-state index in [0.29, 0.717) is 0 Å². The molecule has 20 heavy (non-hydrogen) atoms. The summed E-state index contributed by atoms with van der Waals surface area (Å²) in [6.07, 6.45) is 3.15. The van der Waals surface area contributed by atoms with Crippen LogP contribution in [0.25, 0.3) is 10.9 Å². The van der Waals surface area contributed by atoms with Crippen molar-refractivity contribution in [2.24, 2.45) is 7.05 Å². The number of unbranched alkanes of at least 4 members (excludes halogenated alkanes) is 1. The number of aryl methyl sites for hydroxylation is 1. The van der Waals surface area contributed by atoms with E-state index in [0.717, 1.165) is 48.9 Å². The molecule has 0 spiro atoms. The summed E-state index contributed by atoms with van der Waals surface area (Å²) in [5.74, 6) is 0.194. The Morgan fingerprint density at radius 3 is 2.85 bits per heavy atom. The second-order valence-corrected chi connectivity index (χ2v) is 6.13. The van der Waals surface area contributed by atoms with E-state index in [1.165, 1.54) is 10.9 Å². The first-order valence-corrected chi connectivity index (χ1v) is 8.27. The number of fused-ring (bicyclic) bond motifs is 3. The van der Waals surface area contributed by atoms with E-state index in [2.05, 4.69) is 38.7 Å². The van der Waals surface area contributed by atoms with Gasteiger partial charge in [-0.05, 0) is 30.9 Å². The Bertz CT molecular complexity index is 647. The van der Waals surface area contributed by atoms with Crippen LogP contribution in [-0.2, 0) is 13.5 Å². The Balaban J connectivity index is 1.95. The van der Waals surface area contributed by atoms with Gasteiger partial charge in [-0.1, -0.05) is 34.1 Å². The lowest BCUT2D eigenvalue weighted by Gasteiger charge is -2.27.